The molecule has 0 saturated heterocycles. The first kappa shape index (κ1) is 14.9. The summed E-state index contributed by atoms with van der Waals surface area (Å²) in [6, 6.07) is 0. The van der Waals surface area contributed by atoms with Crippen molar-refractivity contribution in [3.63, 3.8) is 0 Å². The van der Waals surface area contributed by atoms with Crippen LogP contribution in [0.4, 0.5) is 0 Å². The molecule has 2 heteroatoms. The van der Waals surface area contributed by atoms with Gasteiger partial charge in [-0.05, 0) is 24.8 Å². The number of hydrogen-bond acceptors (Lipinski definition) is 2. The van der Waals surface area contributed by atoms with E-state index in [-0.39, 0.29) is 5.41 Å². The van der Waals surface area contributed by atoms with E-state index < -0.39 is 0 Å². The van der Waals surface area contributed by atoms with Gasteiger partial charge in [-0.25, -0.2) is 0 Å². The van der Waals surface area contributed by atoms with Crippen LogP contribution in [-0.2, 0) is 4.74 Å². The smallest absolute Gasteiger partial charge is 0.0471 e. The lowest BCUT2D eigenvalue weighted by Gasteiger charge is -2.21. The van der Waals surface area contributed by atoms with Gasteiger partial charge in [0.15, 0.2) is 0 Å². The standard InChI is InChI=1S/C13H29NO/c1-4-5-6-7-8-10-15-11-9-13(2,3)12-14/h4-12,14H2,1-3H3. The second kappa shape index (κ2) is 9.17. The Morgan fingerprint density at radius 3 is 2.27 bits per heavy atom. The Balaban J connectivity index is 3.11. The summed E-state index contributed by atoms with van der Waals surface area (Å²) in [6.07, 6.45) is 7.62. The van der Waals surface area contributed by atoms with Crippen molar-refractivity contribution in [2.75, 3.05) is 19.8 Å². The summed E-state index contributed by atoms with van der Waals surface area (Å²) in [5.41, 5.74) is 5.88. The number of nitrogens with two attached hydrogens (primary N) is 1. The second-order valence-electron chi connectivity index (χ2n) is 5.14. The van der Waals surface area contributed by atoms with Crippen LogP contribution >= 0.6 is 0 Å². The lowest BCUT2D eigenvalue weighted by atomic mass is 9.90. The fourth-order valence-electron chi connectivity index (χ4n) is 1.36. The van der Waals surface area contributed by atoms with Crippen LogP contribution in [0.25, 0.3) is 0 Å². The maximum atomic E-state index is 5.65. The van der Waals surface area contributed by atoms with E-state index in [9.17, 15) is 0 Å². The highest BCUT2D eigenvalue weighted by Crippen LogP contribution is 2.17. The summed E-state index contributed by atoms with van der Waals surface area (Å²) < 4.78 is 5.60. The highest BCUT2D eigenvalue weighted by molar-refractivity contribution is 4.68. The third kappa shape index (κ3) is 10.2. The van der Waals surface area contributed by atoms with Gasteiger partial charge < -0.3 is 10.5 Å². The summed E-state index contributed by atoms with van der Waals surface area (Å²) in [5, 5.41) is 0. The van der Waals surface area contributed by atoms with E-state index in [2.05, 4.69) is 20.8 Å². The molecule has 0 bridgehead atoms. The molecule has 92 valence electrons. The average molecular weight is 215 g/mol. The maximum Gasteiger partial charge on any atom is 0.0471 e. The van der Waals surface area contributed by atoms with Crippen molar-refractivity contribution < 1.29 is 4.74 Å². The zero-order chi connectivity index (χ0) is 11.6. The van der Waals surface area contributed by atoms with Crippen LogP contribution < -0.4 is 5.73 Å². The van der Waals surface area contributed by atoms with E-state index >= 15 is 0 Å². The van der Waals surface area contributed by atoms with Crippen LogP contribution in [0.3, 0.4) is 0 Å². The summed E-state index contributed by atoms with van der Waals surface area (Å²) in [6.45, 7) is 9.15. The Morgan fingerprint density at radius 2 is 1.67 bits per heavy atom. The van der Waals surface area contributed by atoms with E-state index in [4.69, 9.17) is 10.5 Å². The molecule has 0 aliphatic carbocycles. The number of unbranched alkanes of at least 4 members (excludes halogenated alkanes) is 4. The van der Waals surface area contributed by atoms with E-state index in [1.807, 2.05) is 0 Å². The molecule has 2 N–H and O–H groups in total. The monoisotopic (exact) mass is 215 g/mol. The van der Waals surface area contributed by atoms with E-state index in [0.29, 0.717) is 0 Å². The van der Waals surface area contributed by atoms with Crippen LogP contribution in [0.1, 0.15) is 59.3 Å². The number of hydrogen-bond donors (Lipinski definition) is 1. The van der Waals surface area contributed by atoms with Crippen molar-refractivity contribution in [3.8, 4) is 0 Å². The van der Waals surface area contributed by atoms with Crippen LogP contribution in [0.2, 0.25) is 0 Å². The van der Waals surface area contributed by atoms with Gasteiger partial charge in [0, 0.05) is 13.2 Å². The molecule has 0 fully saturated rings. The summed E-state index contributed by atoms with van der Waals surface area (Å²) in [4.78, 5) is 0. The Morgan fingerprint density at radius 1 is 1.00 bits per heavy atom. The minimum Gasteiger partial charge on any atom is -0.381 e. The van der Waals surface area contributed by atoms with Crippen LogP contribution in [0.15, 0.2) is 0 Å². The van der Waals surface area contributed by atoms with Gasteiger partial charge in [-0.15, -0.1) is 0 Å². The van der Waals surface area contributed by atoms with Gasteiger partial charge in [0.05, 0.1) is 0 Å². The van der Waals surface area contributed by atoms with E-state index in [0.717, 1.165) is 26.2 Å². The molecular weight excluding hydrogens is 186 g/mol. The predicted molar refractivity (Wildman–Crippen MR) is 67.0 cm³/mol. The zero-order valence-electron chi connectivity index (χ0n) is 10.8. The maximum absolute atomic E-state index is 5.65. The molecule has 0 radical (unpaired) electrons. The molecule has 0 aliphatic heterocycles. The molecule has 0 rings (SSSR count). The van der Waals surface area contributed by atoms with Gasteiger partial charge in [-0.2, -0.15) is 0 Å². The van der Waals surface area contributed by atoms with Gasteiger partial charge in [-0.3, -0.25) is 0 Å². The van der Waals surface area contributed by atoms with Gasteiger partial charge in [0.1, 0.15) is 0 Å². The molecule has 0 unspecified atom stereocenters. The van der Waals surface area contributed by atoms with Crippen molar-refractivity contribution in [1.82, 2.24) is 0 Å². The molecule has 0 aromatic heterocycles. The lowest BCUT2D eigenvalue weighted by molar-refractivity contribution is 0.102. The number of rotatable bonds is 10. The molecule has 0 aliphatic rings. The molecule has 0 saturated carbocycles. The number of ether oxygens (including phenoxy) is 1. The third-order valence-corrected chi connectivity index (χ3v) is 2.87. The molecule has 15 heavy (non-hydrogen) atoms. The zero-order valence-corrected chi connectivity index (χ0v) is 10.8. The van der Waals surface area contributed by atoms with Crippen molar-refractivity contribution >= 4 is 0 Å². The molecular formula is C13H29NO. The molecule has 0 amide bonds. The van der Waals surface area contributed by atoms with Gasteiger partial charge in [0.2, 0.25) is 0 Å². The highest BCUT2D eigenvalue weighted by atomic mass is 16.5. The first-order valence-electron chi connectivity index (χ1n) is 6.40. The third-order valence-electron chi connectivity index (χ3n) is 2.87. The summed E-state index contributed by atoms with van der Waals surface area (Å²) in [7, 11) is 0. The first-order valence-corrected chi connectivity index (χ1v) is 6.40. The highest BCUT2D eigenvalue weighted by Gasteiger charge is 2.14. The van der Waals surface area contributed by atoms with Gasteiger partial charge in [-0.1, -0.05) is 46.5 Å². The minimum atomic E-state index is 0.238. The second-order valence-corrected chi connectivity index (χ2v) is 5.14. The fraction of sp³-hybridized carbons (Fsp3) is 1.00. The Bertz CT molecular complexity index is 134. The van der Waals surface area contributed by atoms with Crippen LogP contribution in [-0.4, -0.2) is 19.8 Å². The fourth-order valence-corrected chi connectivity index (χ4v) is 1.36. The Labute approximate surface area is 95.6 Å². The van der Waals surface area contributed by atoms with Crippen molar-refractivity contribution in [2.24, 2.45) is 11.1 Å². The predicted octanol–water partition coefficient (Wildman–Crippen LogP) is 3.35. The van der Waals surface area contributed by atoms with Gasteiger partial charge in [0.25, 0.3) is 0 Å². The van der Waals surface area contributed by atoms with E-state index in [1.165, 1.54) is 32.1 Å². The van der Waals surface area contributed by atoms with Crippen molar-refractivity contribution in [1.29, 1.82) is 0 Å². The molecule has 0 aromatic carbocycles. The van der Waals surface area contributed by atoms with Crippen LogP contribution in [0.5, 0.6) is 0 Å². The topological polar surface area (TPSA) is 35.2 Å². The van der Waals surface area contributed by atoms with Gasteiger partial charge >= 0.3 is 0 Å². The molecule has 0 spiro atoms. The lowest BCUT2D eigenvalue weighted by Crippen LogP contribution is -2.25. The summed E-state index contributed by atoms with van der Waals surface area (Å²) in [5.74, 6) is 0. The average Bonchev–Trinajstić information content (AvgIpc) is 2.22. The SMILES string of the molecule is CCCCCCCOCCC(C)(C)CN. The van der Waals surface area contributed by atoms with Crippen molar-refractivity contribution in [3.05, 3.63) is 0 Å². The molecule has 0 heterocycles. The van der Waals surface area contributed by atoms with Crippen molar-refractivity contribution in [2.45, 2.75) is 59.3 Å². The van der Waals surface area contributed by atoms with Crippen LogP contribution in [0, 0.1) is 5.41 Å². The Kier molecular flexibility index (Phi) is 9.12. The summed E-state index contributed by atoms with van der Waals surface area (Å²) >= 11 is 0. The normalized spacial score (nSPS) is 12.0. The largest absolute Gasteiger partial charge is 0.381 e. The first-order chi connectivity index (χ1) is 7.12. The molecule has 0 aromatic rings. The molecule has 2 nitrogen and oxygen atoms in total. The van der Waals surface area contributed by atoms with E-state index in [1.54, 1.807) is 0 Å². The minimum absolute atomic E-state index is 0.238. The molecule has 0 atom stereocenters. The Hall–Kier alpha value is -0.0800. The quantitative estimate of drug-likeness (QED) is 0.567.